The van der Waals surface area contributed by atoms with E-state index in [0.717, 1.165) is 20.9 Å². The molecule has 234 valence electrons. The number of rotatable bonds is 5. The lowest BCUT2D eigenvalue weighted by Gasteiger charge is -2.30. The zero-order valence-electron chi connectivity index (χ0n) is 22.7. The van der Waals surface area contributed by atoms with Crippen molar-refractivity contribution in [3.05, 3.63) is 63.9 Å². The van der Waals surface area contributed by atoms with Gasteiger partial charge in [0, 0.05) is 4.47 Å². The van der Waals surface area contributed by atoms with Crippen LogP contribution in [0.15, 0.2) is 46.9 Å². The minimum atomic E-state index is -5.77. The molecule has 17 heteroatoms. The van der Waals surface area contributed by atoms with Crippen molar-refractivity contribution in [1.82, 2.24) is 14.3 Å². The van der Waals surface area contributed by atoms with Crippen LogP contribution in [-0.2, 0) is 30.8 Å². The Morgan fingerprint density at radius 2 is 1.60 bits per heavy atom. The molecule has 1 unspecified atom stereocenters. The number of nitrogens with zero attached hydrogens (tertiary/aromatic N) is 2. The number of nitrogens with two attached hydrogens (primary N) is 1. The summed E-state index contributed by atoms with van der Waals surface area (Å²) < 4.78 is 94.8. The Morgan fingerprint density at radius 1 is 1.05 bits per heavy atom. The van der Waals surface area contributed by atoms with Crippen LogP contribution in [0.25, 0.3) is 11.0 Å². The molecule has 1 aliphatic rings. The Bertz CT molecular complexity index is 1610. The largest absolute Gasteiger partial charge is 0.458 e. The number of hydrogen-bond acceptors (Lipinski definition) is 7. The number of amides is 1. The second-order valence-corrected chi connectivity index (χ2v) is 13.3. The van der Waals surface area contributed by atoms with Crippen molar-refractivity contribution in [3.8, 4) is 0 Å². The van der Waals surface area contributed by atoms with Gasteiger partial charge in [-0.05, 0) is 56.5 Å². The fourth-order valence-corrected chi connectivity index (χ4v) is 7.47. The first kappa shape index (κ1) is 34.2. The third-order valence-corrected chi connectivity index (χ3v) is 9.24. The summed E-state index contributed by atoms with van der Waals surface area (Å²) in [6.45, 7) is 5.17. The number of aromatic nitrogens is 2. The number of imidazole rings is 1. The van der Waals surface area contributed by atoms with Crippen LogP contribution in [0.1, 0.15) is 55.4 Å². The molecule has 1 fully saturated rings. The van der Waals surface area contributed by atoms with Crippen LogP contribution < -0.4 is 5.73 Å². The van der Waals surface area contributed by atoms with Gasteiger partial charge in [0.2, 0.25) is 15.9 Å². The van der Waals surface area contributed by atoms with Gasteiger partial charge in [0.1, 0.15) is 11.1 Å². The molecule has 2 atom stereocenters. The molecule has 1 aliphatic heterocycles. The number of aromatic amines is 1. The first-order valence-electron chi connectivity index (χ1n) is 12.3. The summed E-state index contributed by atoms with van der Waals surface area (Å²) in [7, 11) is -3.79. The zero-order chi connectivity index (χ0) is 32.7. The lowest BCUT2D eigenvalue weighted by atomic mass is 10.0. The average molecular weight is 699 g/mol. The Morgan fingerprint density at radius 3 is 2.07 bits per heavy atom. The number of nitrogens with one attached hydrogen (secondary N) is 1. The average Bonchev–Trinajstić information content (AvgIpc) is 3.39. The highest BCUT2D eigenvalue weighted by atomic mass is 79.9. The molecule has 0 aliphatic carbocycles. The van der Waals surface area contributed by atoms with E-state index in [1.165, 1.54) is 0 Å². The molecule has 1 aromatic heterocycles. The van der Waals surface area contributed by atoms with Crippen LogP contribution in [0.3, 0.4) is 0 Å². The molecule has 2 heterocycles. The number of para-hydroxylation sites is 2. The summed E-state index contributed by atoms with van der Waals surface area (Å²) in [6.07, 6.45) is -11.1. The number of fused-ring (bicyclic) bond motifs is 1. The SMILES string of the molecule is CC(C)(C)N1C(=O)CC(c2ccc(C[C@H](N)c3nc4ccccc4[nH]3)cc2Br)S1(=O)=O.O=C(C(=O)C(F)(F)F)C(F)(F)F. The molecule has 0 spiro atoms. The number of H-pyrrole nitrogens is 1. The van der Waals surface area contributed by atoms with Crippen molar-refractivity contribution in [3.63, 3.8) is 0 Å². The van der Waals surface area contributed by atoms with Gasteiger partial charge in [-0.25, -0.2) is 17.7 Å². The summed E-state index contributed by atoms with van der Waals surface area (Å²) in [5.74, 6) is -6.49. The highest BCUT2D eigenvalue weighted by Crippen LogP contribution is 2.42. The van der Waals surface area contributed by atoms with Crippen molar-refractivity contribution in [2.45, 2.75) is 62.8 Å². The standard InChI is InChI=1S/C22H25BrN4O3S.C4F6O2/c1-22(2,3)27-20(28)12-19(31(27,29)30)14-9-8-13(10-15(14)23)11-16(24)21-25-17-6-4-5-7-18(17)26-21;5-3(6,7)1(11)2(12)4(8,9)10/h4-10,16,19H,11-12,24H2,1-3H3,(H,25,26);/t16-,19?;/m0./s1. The molecule has 4 rings (SSSR count). The Kier molecular flexibility index (Phi) is 9.54. The van der Waals surface area contributed by atoms with Gasteiger partial charge in [0.25, 0.3) is 0 Å². The Balaban J connectivity index is 0.000000359. The predicted molar refractivity (Wildman–Crippen MR) is 146 cm³/mol. The van der Waals surface area contributed by atoms with Crippen molar-refractivity contribution in [1.29, 1.82) is 0 Å². The van der Waals surface area contributed by atoms with Crippen molar-refractivity contribution in [2.75, 3.05) is 0 Å². The fourth-order valence-electron chi connectivity index (χ4n) is 4.36. The molecular formula is C26H25BrF6N4O5S. The van der Waals surface area contributed by atoms with E-state index < -0.39 is 44.7 Å². The smallest absolute Gasteiger partial charge is 0.341 e. The molecule has 0 radical (unpaired) electrons. The van der Waals surface area contributed by atoms with E-state index in [0.29, 0.717) is 22.3 Å². The monoisotopic (exact) mass is 698 g/mol. The molecule has 43 heavy (non-hydrogen) atoms. The molecule has 3 N–H and O–H groups in total. The number of halogens is 7. The van der Waals surface area contributed by atoms with Crippen LogP contribution >= 0.6 is 15.9 Å². The summed E-state index contributed by atoms with van der Waals surface area (Å²) in [4.78, 5) is 39.5. The number of carbonyl (C=O) groups is 3. The van der Waals surface area contributed by atoms with Crippen LogP contribution in [0.2, 0.25) is 0 Å². The van der Waals surface area contributed by atoms with Gasteiger partial charge >= 0.3 is 23.9 Å². The Hall–Kier alpha value is -3.31. The maximum absolute atomic E-state index is 13.1. The number of alkyl halides is 6. The first-order chi connectivity index (χ1) is 19.5. The van der Waals surface area contributed by atoms with Gasteiger partial charge < -0.3 is 10.7 Å². The maximum Gasteiger partial charge on any atom is 0.458 e. The van der Waals surface area contributed by atoms with E-state index in [1.807, 2.05) is 36.4 Å². The predicted octanol–water partition coefficient (Wildman–Crippen LogP) is 5.22. The van der Waals surface area contributed by atoms with E-state index in [2.05, 4.69) is 25.9 Å². The van der Waals surface area contributed by atoms with Crippen LogP contribution in [-0.4, -0.2) is 58.1 Å². The van der Waals surface area contributed by atoms with E-state index in [-0.39, 0.29) is 18.4 Å². The van der Waals surface area contributed by atoms with Gasteiger partial charge in [-0.3, -0.25) is 14.4 Å². The number of carbonyl (C=O) groups excluding carboxylic acids is 3. The molecule has 0 saturated carbocycles. The van der Waals surface area contributed by atoms with Crippen LogP contribution in [0, 0.1) is 0 Å². The topological polar surface area (TPSA) is 143 Å². The fraction of sp³-hybridized carbons (Fsp3) is 0.385. The van der Waals surface area contributed by atoms with Crippen LogP contribution in [0.5, 0.6) is 0 Å². The Labute approximate surface area is 250 Å². The normalized spacial score (nSPS) is 17.9. The molecule has 0 bridgehead atoms. The zero-order valence-corrected chi connectivity index (χ0v) is 25.1. The molecule has 9 nitrogen and oxygen atoms in total. The molecule has 1 saturated heterocycles. The summed E-state index contributed by atoms with van der Waals surface area (Å²) in [5, 5.41) is -0.897. The second-order valence-electron chi connectivity index (χ2n) is 10.5. The van der Waals surface area contributed by atoms with Crippen molar-refractivity contribution < 1.29 is 49.1 Å². The van der Waals surface area contributed by atoms with E-state index in [1.54, 1.807) is 26.8 Å². The summed E-state index contributed by atoms with van der Waals surface area (Å²) >= 11 is 3.51. The maximum atomic E-state index is 13.1. The van der Waals surface area contributed by atoms with Gasteiger partial charge in [0.05, 0.1) is 29.0 Å². The van der Waals surface area contributed by atoms with Crippen molar-refractivity contribution in [2.24, 2.45) is 5.73 Å². The van der Waals surface area contributed by atoms with E-state index >= 15 is 0 Å². The minimum absolute atomic E-state index is 0.0595. The lowest BCUT2D eigenvalue weighted by Crippen LogP contribution is -2.45. The molecule has 1 amide bonds. The first-order valence-corrected chi connectivity index (χ1v) is 14.6. The molecule has 2 aromatic carbocycles. The lowest BCUT2D eigenvalue weighted by molar-refractivity contribution is -0.193. The third-order valence-electron chi connectivity index (χ3n) is 6.16. The highest BCUT2D eigenvalue weighted by Gasteiger charge is 2.54. The molecule has 3 aromatic rings. The second kappa shape index (κ2) is 12.0. The van der Waals surface area contributed by atoms with Gasteiger partial charge in [-0.1, -0.05) is 40.2 Å². The highest BCUT2D eigenvalue weighted by molar-refractivity contribution is 9.10. The van der Waals surface area contributed by atoms with E-state index in [9.17, 15) is 49.1 Å². The van der Waals surface area contributed by atoms with Gasteiger partial charge in [-0.2, -0.15) is 26.3 Å². The number of benzene rings is 2. The number of Topliss-reactive ketones (excluding diaryl/α,β-unsaturated/α-hetero) is 2. The number of ketones is 2. The van der Waals surface area contributed by atoms with Gasteiger partial charge in [0.15, 0.2) is 0 Å². The van der Waals surface area contributed by atoms with Crippen LogP contribution in [0.4, 0.5) is 26.3 Å². The van der Waals surface area contributed by atoms with Crippen molar-refractivity contribution >= 4 is 54.5 Å². The number of hydrogen-bond donors (Lipinski definition) is 2. The minimum Gasteiger partial charge on any atom is -0.341 e. The molecular weight excluding hydrogens is 674 g/mol. The third kappa shape index (κ3) is 7.62. The van der Waals surface area contributed by atoms with E-state index in [4.69, 9.17) is 5.73 Å². The summed E-state index contributed by atoms with van der Waals surface area (Å²) in [5.41, 5.74) is 8.90. The summed E-state index contributed by atoms with van der Waals surface area (Å²) in [6, 6.07) is 12.9. The van der Waals surface area contributed by atoms with Gasteiger partial charge in [-0.15, -0.1) is 0 Å². The number of sulfonamides is 1. The quantitative estimate of drug-likeness (QED) is 0.275.